The molecule has 1 aliphatic carbocycles. The average Bonchev–Trinajstić information content (AvgIpc) is 3.97. The third-order valence-electron chi connectivity index (χ3n) is 12.6. The van der Waals surface area contributed by atoms with E-state index in [1.165, 1.54) is 48.3 Å². The zero-order valence-electron chi connectivity index (χ0n) is 30.4. The monoisotopic (exact) mass is 738 g/mol. The molecule has 1 spiro atoms. The highest BCUT2D eigenvalue weighted by atomic mass is 32.3. The molecule has 5 aliphatic rings. The molecule has 0 saturated heterocycles. The van der Waals surface area contributed by atoms with Crippen molar-refractivity contribution in [2.75, 3.05) is 0 Å². The molecule has 1 atom stereocenters. The van der Waals surface area contributed by atoms with E-state index in [9.17, 15) is 0 Å². The number of amidine groups is 2. The molecule has 0 radical (unpaired) electrons. The van der Waals surface area contributed by atoms with Crippen molar-refractivity contribution >= 4 is 60.4 Å². The molecular weight excluding hydrogens is 705 g/mol. The van der Waals surface area contributed by atoms with Crippen LogP contribution in [0.15, 0.2) is 174 Å². The molecule has 1 unspecified atom stereocenters. The Kier molecular flexibility index (Phi) is 5.73. The Balaban J connectivity index is 1.16. The fourth-order valence-electron chi connectivity index (χ4n) is 10.1. The van der Waals surface area contributed by atoms with Crippen LogP contribution in [0.5, 0.6) is 0 Å². The van der Waals surface area contributed by atoms with Crippen LogP contribution < -0.4 is 5.32 Å². The minimum Gasteiger partial charge on any atom is -0.456 e. The van der Waals surface area contributed by atoms with Crippen LogP contribution in [0.2, 0.25) is 0 Å². The summed E-state index contributed by atoms with van der Waals surface area (Å²) in [5.74, 6) is 7.13. The van der Waals surface area contributed by atoms with Gasteiger partial charge in [-0.1, -0.05) is 115 Å². The zero-order chi connectivity index (χ0) is 36.8. The number of hydrogen-bond donors (Lipinski definition) is 1. The lowest BCUT2D eigenvalue weighted by Crippen LogP contribution is -2.33. The van der Waals surface area contributed by atoms with Crippen molar-refractivity contribution in [2.24, 2.45) is 9.98 Å². The van der Waals surface area contributed by atoms with Gasteiger partial charge in [0.25, 0.3) is 0 Å². The predicted molar refractivity (Wildman–Crippen MR) is 232 cm³/mol. The molecule has 6 heterocycles. The lowest BCUT2D eigenvalue weighted by molar-refractivity contribution is 0.669. The smallest absolute Gasteiger partial charge is 0.160 e. The Morgan fingerprint density at radius 1 is 0.714 bits per heavy atom. The number of nitrogens with zero attached hydrogens (tertiary/aromatic N) is 3. The number of furan rings is 1. The van der Waals surface area contributed by atoms with E-state index in [4.69, 9.17) is 20.3 Å². The maximum absolute atomic E-state index is 6.52. The molecule has 0 saturated carbocycles. The van der Waals surface area contributed by atoms with Crippen LogP contribution in [0.4, 0.5) is 0 Å². The summed E-state index contributed by atoms with van der Waals surface area (Å²) in [6.45, 7) is 0. The predicted octanol–water partition coefficient (Wildman–Crippen LogP) is 12.0. The molecule has 2 aromatic heterocycles. The Labute approximate surface area is 323 Å². The molecule has 5 nitrogen and oxygen atoms in total. The van der Waals surface area contributed by atoms with E-state index < -0.39 is 8.75 Å². The van der Waals surface area contributed by atoms with Gasteiger partial charge in [0, 0.05) is 59.8 Å². The first-order chi connectivity index (χ1) is 27.6. The topological polar surface area (TPSA) is 54.8 Å². The van der Waals surface area contributed by atoms with E-state index in [2.05, 4.69) is 155 Å². The molecule has 6 aromatic carbocycles. The number of hydrogen-bond acceptors (Lipinski definition) is 4. The number of fused-ring (bicyclic) bond motifs is 9. The number of benzene rings is 6. The zero-order valence-corrected chi connectivity index (χ0v) is 31.2. The summed E-state index contributed by atoms with van der Waals surface area (Å²) < 4.78 is 9.11. The van der Waals surface area contributed by atoms with Crippen LogP contribution in [0.1, 0.15) is 46.1 Å². The van der Waals surface area contributed by atoms with Gasteiger partial charge in [-0.3, -0.25) is 0 Å². The maximum Gasteiger partial charge on any atom is 0.160 e. The molecule has 13 rings (SSSR count). The molecule has 4 bridgehead atoms. The molecule has 0 amide bonds. The van der Waals surface area contributed by atoms with Gasteiger partial charge < -0.3 is 14.3 Å². The SMILES string of the molecule is C=S123C=Cc4c5c(n(c41)-c1ccc4oc6cccc(c6c4c1)-c1ccc(c2c1)-c1c(C2=NC(c4ccccc4)NC(c4ccccc4)=N2)cccc13)CCC=C5. The van der Waals surface area contributed by atoms with E-state index in [0.717, 1.165) is 68.6 Å². The minimum absolute atomic E-state index is 0.304. The number of nitrogens with one attached hydrogen (secondary N) is 1. The van der Waals surface area contributed by atoms with Gasteiger partial charge in [-0.05, 0) is 83.0 Å². The third kappa shape index (κ3) is 3.70. The summed E-state index contributed by atoms with van der Waals surface area (Å²) in [4.78, 5) is 13.3. The van der Waals surface area contributed by atoms with Gasteiger partial charge in [0.1, 0.15) is 23.2 Å². The summed E-state index contributed by atoms with van der Waals surface area (Å²) in [6.07, 6.45) is 8.73. The molecule has 266 valence electrons. The summed E-state index contributed by atoms with van der Waals surface area (Å²) in [7, 11) is -3.19. The second-order valence-corrected chi connectivity index (χ2v) is 19.6. The maximum atomic E-state index is 6.52. The van der Waals surface area contributed by atoms with Gasteiger partial charge in [-0.2, -0.15) is 0 Å². The van der Waals surface area contributed by atoms with E-state index in [0.29, 0.717) is 5.84 Å². The Hall–Kier alpha value is -6.76. The van der Waals surface area contributed by atoms with Gasteiger partial charge in [-0.25, -0.2) is 9.98 Å². The molecule has 4 aliphatic heterocycles. The molecule has 0 fully saturated rings. The Bertz CT molecular complexity index is 3290. The minimum atomic E-state index is -3.19. The lowest BCUT2D eigenvalue weighted by atomic mass is 9.94. The normalized spacial score (nSPS) is 19.1. The van der Waals surface area contributed by atoms with Crippen molar-refractivity contribution in [1.82, 2.24) is 9.88 Å². The molecular formula is C50H34N4OS. The van der Waals surface area contributed by atoms with Crippen LogP contribution in [-0.4, -0.2) is 22.1 Å². The van der Waals surface area contributed by atoms with Crippen molar-refractivity contribution in [1.29, 1.82) is 0 Å². The summed E-state index contributed by atoms with van der Waals surface area (Å²) >= 11 is 0. The fourth-order valence-corrected chi connectivity index (χ4v) is 15.1. The third-order valence-corrected chi connectivity index (χ3v) is 17.3. The van der Waals surface area contributed by atoms with E-state index in [-0.39, 0.29) is 6.17 Å². The summed E-state index contributed by atoms with van der Waals surface area (Å²) in [5.41, 5.74) is 14.7. The lowest BCUT2D eigenvalue weighted by Gasteiger charge is -2.43. The molecule has 1 N–H and O–H groups in total. The van der Waals surface area contributed by atoms with Crippen LogP contribution in [-0.2, 0) is 6.42 Å². The van der Waals surface area contributed by atoms with E-state index in [1.807, 2.05) is 12.1 Å². The van der Waals surface area contributed by atoms with E-state index >= 15 is 0 Å². The van der Waals surface area contributed by atoms with Crippen molar-refractivity contribution in [2.45, 2.75) is 33.8 Å². The fraction of sp³-hybridized carbons (Fsp3) is 0.0600. The second kappa shape index (κ2) is 10.5. The summed E-state index contributed by atoms with van der Waals surface area (Å²) in [6, 6.07) is 47.9. The molecule has 56 heavy (non-hydrogen) atoms. The number of aliphatic imine (C=N–C) groups is 2. The van der Waals surface area contributed by atoms with Crippen LogP contribution in [0.25, 0.3) is 62.0 Å². The van der Waals surface area contributed by atoms with Gasteiger partial charge in [0.05, 0.1) is 5.03 Å². The van der Waals surface area contributed by atoms with E-state index in [1.54, 1.807) is 0 Å². The highest BCUT2D eigenvalue weighted by molar-refractivity contribution is 8.49. The molecule has 6 heteroatoms. The van der Waals surface area contributed by atoms with Crippen LogP contribution >= 0.6 is 8.75 Å². The highest BCUT2D eigenvalue weighted by Gasteiger charge is 2.51. The first kappa shape index (κ1) is 30.6. The largest absolute Gasteiger partial charge is 0.456 e. The van der Waals surface area contributed by atoms with Crippen molar-refractivity contribution in [3.8, 4) is 27.9 Å². The quantitative estimate of drug-likeness (QED) is 0.184. The molecule has 8 aromatic rings. The highest BCUT2D eigenvalue weighted by Crippen LogP contribution is 2.86. The van der Waals surface area contributed by atoms with Gasteiger partial charge in [0.2, 0.25) is 0 Å². The van der Waals surface area contributed by atoms with Crippen molar-refractivity contribution in [3.05, 3.63) is 178 Å². The van der Waals surface area contributed by atoms with Crippen LogP contribution in [0.3, 0.4) is 0 Å². The van der Waals surface area contributed by atoms with Crippen molar-refractivity contribution in [3.63, 3.8) is 0 Å². The average molecular weight is 739 g/mol. The number of allylic oxidation sites excluding steroid dienone is 1. The van der Waals surface area contributed by atoms with Gasteiger partial charge in [-0.15, -0.1) is 8.75 Å². The van der Waals surface area contributed by atoms with Gasteiger partial charge >= 0.3 is 0 Å². The number of rotatable bonds is 3. The second-order valence-electron chi connectivity index (χ2n) is 15.5. The standard InChI is InChI=1S/C50H34N4OS/c1-56-27-26-36-35-16-8-9-19-40(35)54(50(36)56)33-23-25-41-39(29-33)45-34(17-10-20-42(45)55-41)32-22-24-37(44(56)28-32)46-38(18-11-21-43(46)56)49-52-47(30-12-4-2-5-13-30)51-48(53-49)31-14-6-3-7-15-31/h2-8,10-18,20-29,47H,1,9,19H2,(H,51,52,53). The summed E-state index contributed by atoms with van der Waals surface area (Å²) in [5, 5.41) is 9.74. The van der Waals surface area contributed by atoms with Gasteiger partial charge in [0.15, 0.2) is 5.84 Å². The first-order valence-electron chi connectivity index (χ1n) is 19.3. The number of aromatic nitrogens is 1. The first-order valence-corrected chi connectivity index (χ1v) is 21.5. The Morgan fingerprint density at radius 3 is 2.45 bits per heavy atom. The Morgan fingerprint density at radius 2 is 1.55 bits per heavy atom. The van der Waals surface area contributed by atoms with Crippen LogP contribution in [0, 0.1) is 0 Å². The van der Waals surface area contributed by atoms with Crippen molar-refractivity contribution < 1.29 is 4.42 Å².